The van der Waals surface area contributed by atoms with Crippen LogP contribution in [-0.2, 0) is 14.8 Å². The van der Waals surface area contributed by atoms with Crippen LogP contribution >= 0.6 is 0 Å². The van der Waals surface area contributed by atoms with Gasteiger partial charge in [-0.2, -0.15) is 9.57 Å². The van der Waals surface area contributed by atoms with Crippen molar-refractivity contribution in [2.45, 2.75) is 17.9 Å². The summed E-state index contributed by atoms with van der Waals surface area (Å²) in [7, 11) is -1.66. The Labute approximate surface area is 176 Å². The van der Waals surface area contributed by atoms with E-state index in [0.29, 0.717) is 43.2 Å². The van der Waals surface area contributed by atoms with Crippen LogP contribution in [-0.4, -0.2) is 62.9 Å². The summed E-state index contributed by atoms with van der Waals surface area (Å²) in [6.45, 7) is 3.83. The van der Waals surface area contributed by atoms with Crippen molar-refractivity contribution in [2.75, 3.05) is 38.5 Å². The highest BCUT2D eigenvalue weighted by Gasteiger charge is 2.27. The molecule has 1 fully saturated rings. The summed E-state index contributed by atoms with van der Waals surface area (Å²) in [5.74, 6) is 0.0524. The maximum Gasteiger partial charge on any atom is 0.265 e. The molecule has 0 spiro atoms. The van der Waals surface area contributed by atoms with Crippen molar-refractivity contribution in [1.29, 1.82) is 5.26 Å². The number of carbonyl (C=O) groups is 1. The van der Waals surface area contributed by atoms with Crippen LogP contribution in [0.2, 0.25) is 0 Å². The Hall–Kier alpha value is -2.93. The van der Waals surface area contributed by atoms with Gasteiger partial charge in [0.15, 0.2) is 6.10 Å². The number of anilines is 1. The molecule has 0 bridgehead atoms. The van der Waals surface area contributed by atoms with Crippen LogP contribution in [0.15, 0.2) is 53.4 Å². The van der Waals surface area contributed by atoms with Crippen molar-refractivity contribution in [3.8, 4) is 11.8 Å². The van der Waals surface area contributed by atoms with Gasteiger partial charge in [0, 0.05) is 31.9 Å². The zero-order valence-electron chi connectivity index (χ0n) is 16.9. The minimum Gasteiger partial charge on any atom is -0.481 e. The fraction of sp³-hybridized carbons (Fsp3) is 0.333. The monoisotopic (exact) mass is 428 g/mol. The van der Waals surface area contributed by atoms with E-state index in [4.69, 9.17) is 10.00 Å². The Morgan fingerprint density at radius 3 is 2.43 bits per heavy atom. The summed E-state index contributed by atoms with van der Waals surface area (Å²) in [5.41, 5.74) is 0.878. The van der Waals surface area contributed by atoms with E-state index in [0.717, 1.165) is 0 Å². The highest BCUT2D eigenvalue weighted by molar-refractivity contribution is 7.89. The van der Waals surface area contributed by atoms with Crippen molar-refractivity contribution in [2.24, 2.45) is 0 Å². The fourth-order valence-corrected chi connectivity index (χ4v) is 4.49. The third-order valence-electron chi connectivity index (χ3n) is 4.87. The van der Waals surface area contributed by atoms with Crippen LogP contribution < -0.4 is 10.1 Å². The molecule has 2 aromatic rings. The number of rotatable bonds is 6. The molecule has 0 radical (unpaired) electrons. The minimum absolute atomic E-state index is 0.144. The Bertz CT molecular complexity index is 1040. The number of sulfonamides is 1. The maximum atomic E-state index is 12.9. The largest absolute Gasteiger partial charge is 0.481 e. The Kier molecular flexibility index (Phi) is 6.72. The molecule has 1 amide bonds. The quantitative estimate of drug-likeness (QED) is 0.754. The first kappa shape index (κ1) is 21.8. The van der Waals surface area contributed by atoms with E-state index in [1.54, 1.807) is 43.3 Å². The third-order valence-corrected chi connectivity index (χ3v) is 6.76. The molecule has 1 saturated heterocycles. The second-order valence-electron chi connectivity index (χ2n) is 7.12. The molecule has 1 atom stereocenters. The van der Waals surface area contributed by atoms with Crippen LogP contribution in [0.3, 0.4) is 0 Å². The zero-order chi connectivity index (χ0) is 21.7. The van der Waals surface area contributed by atoms with E-state index < -0.39 is 22.0 Å². The van der Waals surface area contributed by atoms with Gasteiger partial charge in [0.25, 0.3) is 5.91 Å². The predicted octanol–water partition coefficient (Wildman–Crippen LogP) is 1.90. The molecule has 1 N–H and O–H groups in total. The first-order valence-corrected chi connectivity index (χ1v) is 11.0. The van der Waals surface area contributed by atoms with Gasteiger partial charge in [-0.15, -0.1) is 0 Å². The van der Waals surface area contributed by atoms with Gasteiger partial charge in [0.1, 0.15) is 5.75 Å². The number of amides is 1. The molecule has 30 heavy (non-hydrogen) atoms. The van der Waals surface area contributed by atoms with Crippen LogP contribution in [0.5, 0.6) is 5.75 Å². The lowest BCUT2D eigenvalue weighted by molar-refractivity contribution is -0.122. The van der Waals surface area contributed by atoms with Crippen molar-refractivity contribution < 1.29 is 17.9 Å². The Morgan fingerprint density at radius 1 is 1.13 bits per heavy atom. The van der Waals surface area contributed by atoms with Gasteiger partial charge < -0.3 is 15.0 Å². The molecule has 1 aliphatic heterocycles. The normalized spacial score (nSPS) is 16.4. The number of piperazine rings is 1. The average Bonchev–Trinajstić information content (AvgIpc) is 2.74. The highest BCUT2D eigenvalue weighted by atomic mass is 32.2. The molecule has 3 rings (SSSR count). The van der Waals surface area contributed by atoms with E-state index in [9.17, 15) is 13.2 Å². The SMILES string of the molecule is CC(Oc1ccc(C#N)cc1)C(=O)Nc1cccc(S(=O)(=O)N2CCN(C)CC2)c1. The summed E-state index contributed by atoms with van der Waals surface area (Å²) in [6.07, 6.45) is -0.809. The number of likely N-dealkylation sites (N-methyl/N-ethyl adjacent to an activating group) is 1. The lowest BCUT2D eigenvalue weighted by Crippen LogP contribution is -2.47. The van der Waals surface area contributed by atoms with E-state index in [1.165, 1.54) is 16.4 Å². The Balaban J connectivity index is 1.66. The van der Waals surface area contributed by atoms with Crippen molar-refractivity contribution in [1.82, 2.24) is 9.21 Å². The third kappa shape index (κ3) is 5.16. The number of nitrogens with one attached hydrogen (secondary N) is 1. The molecule has 0 aliphatic carbocycles. The lowest BCUT2D eigenvalue weighted by Gasteiger charge is -2.31. The van der Waals surface area contributed by atoms with Gasteiger partial charge in [-0.25, -0.2) is 8.42 Å². The molecule has 2 aromatic carbocycles. The second kappa shape index (κ2) is 9.26. The number of nitriles is 1. The topological polar surface area (TPSA) is 103 Å². The molecule has 158 valence electrons. The first-order chi connectivity index (χ1) is 14.3. The smallest absolute Gasteiger partial charge is 0.265 e. The maximum absolute atomic E-state index is 12.9. The molecule has 1 heterocycles. The van der Waals surface area contributed by atoms with E-state index >= 15 is 0 Å². The Morgan fingerprint density at radius 2 is 1.80 bits per heavy atom. The van der Waals surface area contributed by atoms with Crippen LogP contribution in [0.25, 0.3) is 0 Å². The molecule has 1 unspecified atom stereocenters. The van der Waals surface area contributed by atoms with Crippen LogP contribution in [0.4, 0.5) is 5.69 Å². The van der Waals surface area contributed by atoms with Gasteiger partial charge >= 0.3 is 0 Å². The van der Waals surface area contributed by atoms with Crippen molar-refractivity contribution in [3.05, 3.63) is 54.1 Å². The van der Waals surface area contributed by atoms with E-state index in [-0.39, 0.29) is 4.90 Å². The number of hydrogen-bond donors (Lipinski definition) is 1. The van der Waals surface area contributed by atoms with Gasteiger partial charge in [-0.3, -0.25) is 4.79 Å². The summed E-state index contributed by atoms with van der Waals surface area (Å²) >= 11 is 0. The van der Waals surface area contributed by atoms with Crippen molar-refractivity contribution in [3.63, 3.8) is 0 Å². The zero-order valence-corrected chi connectivity index (χ0v) is 17.7. The molecular formula is C21H24N4O4S. The van der Waals surface area contributed by atoms with Crippen LogP contribution in [0, 0.1) is 11.3 Å². The van der Waals surface area contributed by atoms with Gasteiger partial charge in [-0.05, 0) is 56.4 Å². The van der Waals surface area contributed by atoms with Gasteiger partial charge in [0.2, 0.25) is 10.0 Å². The predicted molar refractivity (Wildman–Crippen MR) is 113 cm³/mol. The molecular weight excluding hydrogens is 404 g/mol. The number of nitrogens with zero attached hydrogens (tertiary/aromatic N) is 3. The van der Waals surface area contributed by atoms with E-state index in [2.05, 4.69) is 10.2 Å². The van der Waals surface area contributed by atoms with Gasteiger partial charge in [0.05, 0.1) is 16.5 Å². The molecule has 0 saturated carbocycles. The second-order valence-corrected chi connectivity index (χ2v) is 9.06. The summed E-state index contributed by atoms with van der Waals surface area (Å²) in [5, 5.41) is 11.5. The molecule has 9 heteroatoms. The number of ether oxygens (including phenoxy) is 1. The lowest BCUT2D eigenvalue weighted by atomic mass is 10.2. The number of benzene rings is 2. The first-order valence-electron chi connectivity index (χ1n) is 9.56. The van der Waals surface area contributed by atoms with Crippen molar-refractivity contribution >= 4 is 21.6 Å². The van der Waals surface area contributed by atoms with Crippen LogP contribution in [0.1, 0.15) is 12.5 Å². The standard InChI is InChI=1S/C21H24N4O4S/c1-16(29-19-8-6-17(15-22)7-9-19)21(26)23-18-4-3-5-20(14-18)30(27,28)25-12-10-24(2)11-13-25/h3-9,14,16H,10-13H2,1-2H3,(H,23,26). The van der Waals surface area contributed by atoms with E-state index in [1.807, 2.05) is 13.1 Å². The minimum atomic E-state index is -3.62. The molecule has 8 nitrogen and oxygen atoms in total. The van der Waals surface area contributed by atoms with Gasteiger partial charge in [-0.1, -0.05) is 6.07 Å². The molecule has 0 aromatic heterocycles. The summed E-state index contributed by atoms with van der Waals surface area (Å²) in [4.78, 5) is 14.7. The number of hydrogen-bond acceptors (Lipinski definition) is 6. The summed E-state index contributed by atoms with van der Waals surface area (Å²) < 4.78 is 32.9. The fourth-order valence-electron chi connectivity index (χ4n) is 3.02. The number of carbonyl (C=O) groups excluding carboxylic acids is 1. The highest BCUT2D eigenvalue weighted by Crippen LogP contribution is 2.21. The molecule has 1 aliphatic rings. The summed E-state index contributed by atoms with van der Waals surface area (Å²) in [6, 6.07) is 14.7. The average molecular weight is 429 g/mol.